The van der Waals surface area contributed by atoms with Crippen molar-refractivity contribution in [2.24, 2.45) is 5.73 Å². The molecule has 0 aliphatic carbocycles. The molecule has 84 valence electrons. The van der Waals surface area contributed by atoms with Gasteiger partial charge < -0.3 is 10.2 Å². The normalized spacial score (nSPS) is 10.7. The largest absolute Gasteiger partial charge is 0.416 e. The van der Waals surface area contributed by atoms with Gasteiger partial charge in [0.2, 0.25) is 5.89 Å². The Balaban J connectivity index is 2.28. The number of hydrogen-bond donors (Lipinski definition) is 1. The second kappa shape index (κ2) is 4.82. The van der Waals surface area contributed by atoms with E-state index >= 15 is 0 Å². The van der Waals surface area contributed by atoms with Crippen molar-refractivity contribution in [3.63, 3.8) is 0 Å². The Kier molecular flexibility index (Phi) is 3.42. The summed E-state index contributed by atoms with van der Waals surface area (Å²) < 4.78 is 5.23. The van der Waals surface area contributed by atoms with Gasteiger partial charge in [-0.15, -0.1) is 10.2 Å². The Morgan fingerprint density at radius 1 is 1.50 bits per heavy atom. The van der Waals surface area contributed by atoms with Crippen molar-refractivity contribution < 1.29 is 4.42 Å². The molecule has 2 aromatic heterocycles. The molecular formula is C9H9ClN4OS. The lowest BCUT2D eigenvalue weighted by Gasteiger charge is -2.03. The van der Waals surface area contributed by atoms with Crippen LogP contribution in [0.2, 0.25) is 5.02 Å². The number of aromatic nitrogens is 3. The maximum atomic E-state index is 6.11. The standard InChI is InChI=1S/C9H9ClN4OS/c1-5-13-14-9(15-5)16-8-7(10)6(4-11)2-3-12-8/h2-3H,4,11H2,1H3. The smallest absolute Gasteiger partial charge is 0.282 e. The van der Waals surface area contributed by atoms with Crippen LogP contribution in [-0.2, 0) is 6.54 Å². The maximum Gasteiger partial charge on any atom is 0.282 e. The fourth-order valence-electron chi connectivity index (χ4n) is 1.09. The highest BCUT2D eigenvalue weighted by Crippen LogP contribution is 2.32. The summed E-state index contributed by atoms with van der Waals surface area (Å²) in [6.45, 7) is 2.10. The molecule has 7 heteroatoms. The molecule has 0 fully saturated rings. The number of aryl methyl sites for hydroxylation is 1. The van der Waals surface area contributed by atoms with Gasteiger partial charge in [0.25, 0.3) is 5.22 Å². The average Bonchev–Trinajstić information content (AvgIpc) is 2.67. The van der Waals surface area contributed by atoms with E-state index in [4.69, 9.17) is 21.8 Å². The summed E-state index contributed by atoms with van der Waals surface area (Å²) in [5, 5.41) is 9.15. The number of pyridine rings is 1. The molecule has 0 aliphatic rings. The second-order valence-electron chi connectivity index (χ2n) is 2.98. The van der Waals surface area contributed by atoms with Crippen LogP contribution in [0.3, 0.4) is 0 Å². The zero-order chi connectivity index (χ0) is 11.5. The Bertz CT molecular complexity index is 502. The van der Waals surface area contributed by atoms with Gasteiger partial charge in [-0.25, -0.2) is 4.98 Å². The SMILES string of the molecule is Cc1nnc(Sc2nccc(CN)c2Cl)o1. The lowest BCUT2D eigenvalue weighted by Crippen LogP contribution is -1.98. The summed E-state index contributed by atoms with van der Waals surface area (Å²) in [6.07, 6.45) is 1.65. The van der Waals surface area contributed by atoms with E-state index in [1.165, 1.54) is 11.8 Å². The van der Waals surface area contributed by atoms with Crippen molar-refractivity contribution in [2.75, 3.05) is 0 Å². The molecular weight excluding hydrogens is 248 g/mol. The molecule has 0 saturated heterocycles. The molecule has 0 radical (unpaired) electrons. The van der Waals surface area contributed by atoms with E-state index < -0.39 is 0 Å². The first-order valence-electron chi connectivity index (χ1n) is 4.52. The van der Waals surface area contributed by atoms with E-state index in [1.54, 1.807) is 19.2 Å². The van der Waals surface area contributed by atoms with Gasteiger partial charge in [0.15, 0.2) is 0 Å². The number of hydrogen-bond acceptors (Lipinski definition) is 6. The summed E-state index contributed by atoms with van der Waals surface area (Å²) in [5.41, 5.74) is 6.39. The van der Waals surface area contributed by atoms with Crippen LogP contribution in [0.4, 0.5) is 0 Å². The number of rotatable bonds is 3. The summed E-state index contributed by atoms with van der Waals surface area (Å²) in [7, 11) is 0. The third-order valence-electron chi connectivity index (χ3n) is 1.85. The molecule has 0 aliphatic heterocycles. The van der Waals surface area contributed by atoms with E-state index in [0.29, 0.717) is 27.7 Å². The zero-order valence-corrected chi connectivity index (χ0v) is 10.0. The van der Waals surface area contributed by atoms with Crippen LogP contribution in [-0.4, -0.2) is 15.2 Å². The Morgan fingerprint density at radius 3 is 2.94 bits per heavy atom. The van der Waals surface area contributed by atoms with Crippen molar-refractivity contribution in [3.05, 3.63) is 28.7 Å². The molecule has 16 heavy (non-hydrogen) atoms. The van der Waals surface area contributed by atoms with Gasteiger partial charge in [0, 0.05) is 19.7 Å². The summed E-state index contributed by atoms with van der Waals surface area (Å²) >= 11 is 7.34. The molecule has 0 atom stereocenters. The van der Waals surface area contributed by atoms with Gasteiger partial charge in [-0.2, -0.15) is 0 Å². The van der Waals surface area contributed by atoms with Crippen LogP contribution in [0, 0.1) is 6.92 Å². The molecule has 0 bridgehead atoms. The minimum atomic E-state index is 0.373. The molecule has 2 N–H and O–H groups in total. The number of nitrogens with zero attached hydrogens (tertiary/aromatic N) is 3. The van der Waals surface area contributed by atoms with Crippen LogP contribution >= 0.6 is 23.4 Å². The van der Waals surface area contributed by atoms with Crippen molar-refractivity contribution in [3.8, 4) is 0 Å². The highest BCUT2D eigenvalue weighted by molar-refractivity contribution is 7.99. The highest BCUT2D eigenvalue weighted by atomic mass is 35.5. The maximum absolute atomic E-state index is 6.11. The van der Waals surface area contributed by atoms with Crippen molar-refractivity contribution >= 4 is 23.4 Å². The number of halogens is 1. The monoisotopic (exact) mass is 256 g/mol. The summed E-state index contributed by atoms with van der Waals surface area (Å²) in [5.74, 6) is 0.508. The molecule has 5 nitrogen and oxygen atoms in total. The van der Waals surface area contributed by atoms with E-state index in [1.807, 2.05) is 0 Å². The Hall–Kier alpha value is -1.11. The lowest BCUT2D eigenvalue weighted by molar-refractivity contribution is 0.429. The third-order valence-corrected chi connectivity index (χ3v) is 3.22. The second-order valence-corrected chi connectivity index (χ2v) is 4.30. The molecule has 0 saturated carbocycles. The van der Waals surface area contributed by atoms with Crippen molar-refractivity contribution in [2.45, 2.75) is 23.7 Å². The van der Waals surface area contributed by atoms with Gasteiger partial charge in [-0.1, -0.05) is 11.6 Å². The highest BCUT2D eigenvalue weighted by Gasteiger charge is 2.11. The van der Waals surface area contributed by atoms with E-state index in [2.05, 4.69) is 15.2 Å². The van der Waals surface area contributed by atoms with Crippen LogP contribution in [0.1, 0.15) is 11.5 Å². The molecule has 0 spiro atoms. The quantitative estimate of drug-likeness (QED) is 0.905. The Labute approximate surface area is 101 Å². The summed E-state index contributed by atoms with van der Waals surface area (Å²) in [6, 6.07) is 1.78. The molecule has 0 amide bonds. The first-order chi connectivity index (χ1) is 7.70. The minimum Gasteiger partial charge on any atom is -0.416 e. The lowest BCUT2D eigenvalue weighted by atomic mass is 10.3. The van der Waals surface area contributed by atoms with Crippen LogP contribution in [0.15, 0.2) is 26.9 Å². The molecule has 0 unspecified atom stereocenters. The third kappa shape index (κ3) is 2.34. The minimum absolute atomic E-state index is 0.373. The molecule has 0 aromatic carbocycles. The van der Waals surface area contributed by atoms with Crippen LogP contribution in [0.5, 0.6) is 0 Å². The topological polar surface area (TPSA) is 77.8 Å². The average molecular weight is 257 g/mol. The van der Waals surface area contributed by atoms with Gasteiger partial charge in [-0.3, -0.25) is 0 Å². The van der Waals surface area contributed by atoms with Crippen molar-refractivity contribution in [1.29, 1.82) is 0 Å². The Morgan fingerprint density at radius 2 is 2.31 bits per heavy atom. The molecule has 2 heterocycles. The zero-order valence-electron chi connectivity index (χ0n) is 8.48. The summed E-state index contributed by atoms with van der Waals surface area (Å²) in [4.78, 5) is 4.14. The van der Waals surface area contributed by atoms with E-state index in [0.717, 1.165) is 5.56 Å². The van der Waals surface area contributed by atoms with E-state index in [9.17, 15) is 0 Å². The predicted molar refractivity (Wildman–Crippen MR) is 60.3 cm³/mol. The predicted octanol–water partition coefficient (Wildman–Crippen LogP) is 2.04. The van der Waals surface area contributed by atoms with Crippen molar-refractivity contribution in [1.82, 2.24) is 15.2 Å². The number of nitrogens with two attached hydrogens (primary N) is 1. The van der Waals surface area contributed by atoms with Gasteiger partial charge in [0.1, 0.15) is 5.03 Å². The molecule has 2 aromatic rings. The fourth-order valence-corrected chi connectivity index (χ4v) is 2.14. The fraction of sp³-hybridized carbons (Fsp3) is 0.222. The van der Waals surface area contributed by atoms with E-state index in [-0.39, 0.29) is 0 Å². The van der Waals surface area contributed by atoms with Gasteiger partial charge >= 0.3 is 0 Å². The van der Waals surface area contributed by atoms with Gasteiger partial charge in [0.05, 0.1) is 5.02 Å². The molecule has 2 rings (SSSR count). The first kappa shape index (κ1) is 11.4. The van der Waals surface area contributed by atoms with Crippen LogP contribution in [0.25, 0.3) is 0 Å². The van der Waals surface area contributed by atoms with Crippen LogP contribution < -0.4 is 5.73 Å². The first-order valence-corrected chi connectivity index (χ1v) is 5.71. The van der Waals surface area contributed by atoms with Gasteiger partial charge in [-0.05, 0) is 23.4 Å².